The average Bonchev–Trinajstić information content (AvgIpc) is 3.33. The van der Waals surface area contributed by atoms with E-state index in [1.165, 1.54) is 38.5 Å². The molecule has 0 amide bonds. The van der Waals surface area contributed by atoms with Crippen LogP contribution in [-0.4, -0.2) is 37.2 Å². The number of ether oxygens (including phenoxy) is 3. The Morgan fingerprint density at radius 1 is 0.313 bits per heavy atom. The van der Waals surface area contributed by atoms with E-state index < -0.39 is 6.10 Å². The molecule has 0 aromatic heterocycles. The van der Waals surface area contributed by atoms with Crippen molar-refractivity contribution >= 4 is 17.9 Å². The maximum Gasteiger partial charge on any atom is 0.306 e. The van der Waals surface area contributed by atoms with Crippen molar-refractivity contribution in [2.45, 2.75) is 219 Å². The van der Waals surface area contributed by atoms with Gasteiger partial charge in [-0.1, -0.05) is 219 Å². The van der Waals surface area contributed by atoms with Crippen LogP contribution in [0.2, 0.25) is 0 Å². The topological polar surface area (TPSA) is 78.9 Å². The first kappa shape index (κ1) is 62.5. The minimum absolute atomic E-state index is 0.115. The monoisotopic (exact) mass is 925 g/mol. The van der Waals surface area contributed by atoms with Crippen molar-refractivity contribution in [3.05, 3.63) is 134 Å². The smallest absolute Gasteiger partial charge is 0.306 e. The number of carbonyl (C=O) groups excluding carboxylic acids is 3. The van der Waals surface area contributed by atoms with E-state index in [9.17, 15) is 14.4 Å². The second kappa shape index (κ2) is 54.2. The molecule has 0 bridgehead atoms. The first-order valence-electron chi connectivity index (χ1n) is 26.7. The molecule has 0 aliphatic carbocycles. The molecule has 0 N–H and O–H groups in total. The molecular weight excluding hydrogens is 829 g/mol. The Bertz CT molecular complexity index is 1480. The summed E-state index contributed by atoms with van der Waals surface area (Å²) >= 11 is 0. The van der Waals surface area contributed by atoms with Gasteiger partial charge in [0.25, 0.3) is 0 Å². The van der Waals surface area contributed by atoms with Crippen LogP contribution in [0, 0.1) is 0 Å². The third kappa shape index (κ3) is 52.4. The van der Waals surface area contributed by atoms with Crippen LogP contribution in [0.3, 0.4) is 0 Å². The molecule has 6 nitrogen and oxygen atoms in total. The van der Waals surface area contributed by atoms with Gasteiger partial charge in [-0.05, 0) is 109 Å². The normalized spacial score (nSPS) is 13.2. The van der Waals surface area contributed by atoms with E-state index in [1.807, 2.05) is 0 Å². The van der Waals surface area contributed by atoms with E-state index in [0.717, 1.165) is 128 Å². The Kier molecular flexibility index (Phi) is 50.6. The fraction of sp³-hybridized carbons (Fsp3) is 0.590. The summed E-state index contributed by atoms with van der Waals surface area (Å²) in [5.74, 6) is -1.01. The van der Waals surface area contributed by atoms with Crippen LogP contribution in [-0.2, 0) is 28.6 Å². The molecule has 0 aromatic carbocycles. The predicted octanol–water partition coefficient (Wildman–Crippen LogP) is 17.9. The van der Waals surface area contributed by atoms with Gasteiger partial charge in [-0.2, -0.15) is 0 Å². The summed E-state index contributed by atoms with van der Waals surface area (Å²) in [6.45, 7) is 6.20. The van der Waals surface area contributed by atoms with Gasteiger partial charge in [0.1, 0.15) is 13.2 Å². The summed E-state index contributed by atoms with van der Waals surface area (Å²) in [5.41, 5.74) is 0. The lowest BCUT2D eigenvalue weighted by atomic mass is 10.1. The first-order chi connectivity index (χ1) is 33.0. The minimum atomic E-state index is -0.823. The highest BCUT2D eigenvalue weighted by Crippen LogP contribution is 2.13. The molecule has 0 saturated heterocycles. The van der Waals surface area contributed by atoms with Crippen molar-refractivity contribution in [3.8, 4) is 0 Å². The van der Waals surface area contributed by atoms with Crippen molar-refractivity contribution in [1.29, 1.82) is 0 Å². The van der Waals surface area contributed by atoms with Gasteiger partial charge in [0.05, 0.1) is 0 Å². The number of esters is 3. The number of hydrogen-bond acceptors (Lipinski definition) is 6. The molecule has 6 heteroatoms. The maximum atomic E-state index is 12.8. The molecule has 1 unspecified atom stereocenters. The number of rotatable bonds is 46. The molecule has 0 spiro atoms. The molecule has 67 heavy (non-hydrogen) atoms. The van der Waals surface area contributed by atoms with E-state index >= 15 is 0 Å². The average molecular weight is 925 g/mol. The third-order valence-corrected chi connectivity index (χ3v) is 10.7. The van der Waals surface area contributed by atoms with Crippen LogP contribution < -0.4 is 0 Å². The molecule has 0 aliphatic heterocycles. The highest BCUT2D eigenvalue weighted by Gasteiger charge is 2.19. The van der Waals surface area contributed by atoms with E-state index in [0.29, 0.717) is 19.3 Å². The van der Waals surface area contributed by atoms with Gasteiger partial charge in [0.2, 0.25) is 0 Å². The quantitative estimate of drug-likeness (QED) is 0.0199. The molecule has 0 fully saturated rings. The minimum Gasteiger partial charge on any atom is -0.462 e. The zero-order valence-electron chi connectivity index (χ0n) is 42.9. The van der Waals surface area contributed by atoms with Crippen molar-refractivity contribution in [1.82, 2.24) is 0 Å². The largest absolute Gasteiger partial charge is 0.462 e. The fourth-order valence-corrected chi connectivity index (χ4v) is 6.79. The third-order valence-electron chi connectivity index (χ3n) is 10.7. The number of hydrogen-bond donors (Lipinski definition) is 0. The van der Waals surface area contributed by atoms with E-state index in [1.54, 1.807) is 0 Å². The predicted molar refractivity (Wildman–Crippen MR) is 288 cm³/mol. The second-order valence-electron chi connectivity index (χ2n) is 17.0. The summed E-state index contributed by atoms with van der Waals surface area (Å²) < 4.78 is 16.7. The van der Waals surface area contributed by atoms with Crippen molar-refractivity contribution in [2.75, 3.05) is 13.2 Å². The summed E-state index contributed by atoms with van der Waals surface area (Å²) in [4.78, 5) is 38.0. The standard InChI is InChI=1S/C61H96O6/c1-4-7-10-13-16-19-22-25-27-29-30-32-33-36-39-42-45-48-51-54-60(63)66-57-58(56-65-59(62)53-50-47-44-41-38-35-24-21-18-15-12-9-6-3)67-61(64)55-52-49-46-43-40-37-34-31-28-26-23-20-17-14-11-8-5-2/h7-12,15-21,24-28,34,37,43,46,58H,4-6,13-14,22-23,29-33,35-36,38-42,44-45,47-57H2,1-3H3/b10-7+,11-8+,12-9+,18-15+,19-16+,20-17+,24-21+,27-25+,28-26+,37-34+,46-43+. The molecule has 0 aliphatic rings. The van der Waals surface area contributed by atoms with Gasteiger partial charge < -0.3 is 14.2 Å². The molecule has 376 valence electrons. The fourth-order valence-electron chi connectivity index (χ4n) is 6.79. The molecule has 0 heterocycles. The van der Waals surface area contributed by atoms with E-state index in [2.05, 4.69) is 154 Å². The summed E-state index contributed by atoms with van der Waals surface area (Å²) in [5, 5.41) is 0. The van der Waals surface area contributed by atoms with Crippen LogP contribution in [0.25, 0.3) is 0 Å². The van der Waals surface area contributed by atoms with Crippen LogP contribution in [0.1, 0.15) is 213 Å². The molecule has 0 radical (unpaired) electrons. The van der Waals surface area contributed by atoms with Crippen molar-refractivity contribution < 1.29 is 28.6 Å². The van der Waals surface area contributed by atoms with Gasteiger partial charge in [-0.3, -0.25) is 14.4 Å². The highest BCUT2D eigenvalue weighted by atomic mass is 16.6. The van der Waals surface area contributed by atoms with Crippen LogP contribution in [0.15, 0.2) is 134 Å². The van der Waals surface area contributed by atoms with Crippen LogP contribution in [0.5, 0.6) is 0 Å². The number of carbonyl (C=O) groups is 3. The van der Waals surface area contributed by atoms with E-state index in [-0.39, 0.29) is 37.5 Å². The Morgan fingerprint density at radius 2 is 0.627 bits per heavy atom. The maximum absolute atomic E-state index is 12.8. The Hall–Kier alpha value is -4.45. The first-order valence-corrected chi connectivity index (χ1v) is 26.7. The summed E-state index contributed by atoms with van der Waals surface area (Å²) in [6.07, 6.45) is 75.9. The lowest BCUT2D eigenvalue weighted by Crippen LogP contribution is -2.30. The molecule has 1 atom stereocenters. The zero-order valence-corrected chi connectivity index (χ0v) is 42.9. The number of allylic oxidation sites excluding steroid dienone is 22. The van der Waals surface area contributed by atoms with Gasteiger partial charge in [-0.25, -0.2) is 0 Å². The highest BCUT2D eigenvalue weighted by molar-refractivity contribution is 5.71. The van der Waals surface area contributed by atoms with Crippen LogP contribution in [0.4, 0.5) is 0 Å². The van der Waals surface area contributed by atoms with Gasteiger partial charge in [0.15, 0.2) is 6.10 Å². The van der Waals surface area contributed by atoms with Crippen molar-refractivity contribution in [2.24, 2.45) is 0 Å². The van der Waals surface area contributed by atoms with E-state index in [4.69, 9.17) is 14.2 Å². The van der Waals surface area contributed by atoms with Gasteiger partial charge >= 0.3 is 17.9 Å². The lowest BCUT2D eigenvalue weighted by Gasteiger charge is -2.18. The van der Waals surface area contributed by atoms with Gasteiger partial charge in [0, 0.05) is 19.3 Å². The van der Waals surface area contributed by atoms with Gasteiger partial charge in [-0.15, -0.1) is 0 Å². The summed E-state index contributed by atoms with van der Waals surface area (Å²) in [6, 6.07) is 0. The Balaban J connectivity index is 4.51. The zero-order chi connectivity index (χ0) is 48.6. The Labute approximate surface area is 411 Å². The SMILES string of the molecule is CC/C=C/C=C/C=C/CCCCCCCC(=O)OCC(COC(=O)CCCCCCCCCCC/C=C/C/C=C/C/C=C/CC)OC(=O)CCC/C=C/C/C=C/C/C=C/C/C=C/C/C=C/CC. The second-order valence-corrected chi connectivity index (χ2v) is 17.0. The van der Waals surface area contributed by atoms with Crippen molar-refractivity contribution in [3.63, 3.8) is 0 Å². The number of unbranched alkanes of at least 4 members (excludes halogenated alkanes) is 15. The summed E-state index contributed by atoms with van der Waals surface area (Å²) in [7, 11) is 0. The van der Waals surface area contributed by atoms with Crippen LogP contribution >= 0.6 is 0 Å². The lowest BCUT2D eigenvalue weighted by molar-refractivity contribution is -0.167. The molecule has 0 saturated carbocycles. The molecule has 0 rings (SSSR count). The molecular formula is C61H96O6. The molecule has 0 aromatic rings. The Morgan fingerprint density at radius 3 is 1.04 bits per heavy atom.